The van der Waals surface area contributed by atoms with Crippen LogP contribution in [0.1, 0.15) is 24.5 Å². The highest BCUT2D eigenvalue weighted by Crippen LogP contribution is 2.39. The SMILES string of the molecule is C[C@@H]1Oc2ccccc2C=C1[C@H]1C(=C(O)c2ccccc2)C(=O)C(=O)N1CCCN(C)C. The summed E-state index contributed by atoms with van der Waals surface area (Å²) < 4.78 is 6.12. The van der Waals surface area contributed by atoms with E-state index >= 15 is 0 Å². The molecule has 0 bridgehead atoms. The topological polar surface area (TPSA) is 70.1 Å². The fraction of sp³-hybridized carbons (Fsp3) is 0.308. The number of amides is 1. The summed E-state index contributed by atoms with van der Waals surface area (Å²) in [4.78, 5) is 29.8. The van der Waals surface area contributed by atoms with E-state index in [1.807, 2.05) is 62.3 Å². The van der Waals surface area contributed by atoms with Crippen LogP contribution in [-0.4, -0.2) is 65.9 Å². The number of nitrogens with zero attached hydrogens (tertiary/aromatic N) is 2. The highest BCUT2D eigenvalue weighted by molar-refractivity contribution is 6.47. The van der Waals surface area contributed by atoms with Crippen LogP contribution in [0.3, 0.4) is 0 Å². The van der Waals surface area contributed by atoms with Gasteiger partial charge < -0.3 is 19.6 Å². The Hall–Kier alpha value is -3.38. The average molecular weight is 433 g/mol. The van der Waals surface area contributed by atoms with Gasteiger partial charge in [-0.2, -0.15) is 0 Å². The summed E-state index contributed by atoms with van der Waals surface area (Å²) in [6.07, 6.45) is 2.33. The highest BCUT2D eigenvalue weighted by Gasteiger charge is 2.48. The molecule has 0 aromatic heterocycles. The predicted octanol–water partition coefficient (Wildman–Crippen LogP) is 3.55. The quantitative estimate of drug-likeness (QED) is 0.430. The Morgan fingerprint density at radius 1 is 1.06 bits per heavy atom. The maximum atomic E-state index is 13.1. The van der Waals surface area contributed by atoms with E-state index < -0.39 is 17.7 Å². The molecule has 1 saturated heterocycles. The number of ketones is 1. The van der Waals surface area contributed by atoms with E-state index in [0.29, 0.717) is 18.5 Å². The zero-order valence-corrected chi connectivity index (χ0v) is 18.6. The van der Waals surface area contributed by atoms with E-state index in [1.165, 1.54) is 0 Å². The molecule has 2 aromatic rings. The number of hydrogen-bond acceptors (Lipinski definition) is 5. The largest absolute Gasteiger partial charge is 0.507 e. The monoisotopic (exact) mass is 432 g/mol. The Labute approximate surface area is 188 Å². The maximum absolute atomic E-state index is 13.1. The first-order chi connectivity index (χ1) is 15.4. The number of benzene rings is 2. The number of fused-ring (bicyclic) bond motifs is 1. The lowest BCUT2D eigenvalue weighted by Crippen LogP contribution is -2.41. The fourth-order valence-corrected chi connectivity index (χ4v) is 4.33. The van der Waals surface area contributed by atoms with Crippen LogP contribution < -0.4 is 4.74 Å². The lowest BCUT2D eigenvalue weighted by atomic mass is 9.89. The standard InChI is InChI=1S/C26H28N2O4/c1-17-20(16-19-12-7-8-13-21(19)32-17)23-22(24(29)18-10-5-4-6-11-18)25(30)26(31)28(23)15-9-14-27(2)3/h4-8,10-13,16-17,23,29H,9,14-15H2,1-3H3/t17-,23-/m0/s1. The molecule has 6 nitrogen and oxygen atoms in total. The van der Waals surface area contributed by atoms with Crippen molar-refractivity contribution in [3.05, 3.63) is 76.9 Å². The van der Waals surface area contributed by atoms with Gasteiger partial charge in [0.15, 0.2) is 0 Å². The molecule has 166 valence electrons. The first kappa shape index (κ1) is 21.8. The normalized spacial score (nSPS) is 22.0. The van der Waals surface area contributed by atoms with Crippen LogP contribution in [0, 0.1) is 0 Å². The average Bonchev–Trinajstić information content (AvgIpc) is 3.03. The van der Waals surface area contributed by atoms with Gasteiger partial charge in [-0.15, -0.1) is 0 Å². The van der Waals surface area contributed by atoms with Gasteiger partial charge in [0.1, 0.15) is 17.6 Å². The fourth-order valence-electron chi connectivity index (χ4n) is 4.33. The van der Waals surface area contributed by atoms with Gasteiger partial charge >= 0.3 is 0 Å². The summed E-state index contributed by atoms with van der Waals surface area (Å²) in [5, 5.41) is 11.1. The third-order valence-corrected chi connectivity index (χ3v) is 5.92. The molecule has 0 spiro atoms. The molecule has 2 aliphatic heterocycles. The Morgan fingerprint density at radius 3 is 2.47 bits per heavy atom. The van der Waals surface area contributed by atoms with Crippen molar-refractivity contribution in [2.24, 2.45) is 0 Å². The van der Waals surface area contributed by atoms with Crippen molar-refractivity contribution >= 4 is 23.5 Å². The van der Waals surface area contributed by atoms with Gasteiger partial charge in [-0.3, -0.25) is 9.59 Å². The highest BCUT2D eigenvalue weighted by atomic mass is 16.5. The van der Waals surface area contributed by atoms with Crippen molar-refractivity contribution in [3.8, 4) is 5.75 Å². The number of carbonyl (C=O) groups is 2. The second-order valence-corrected chi connectivity index (χ2v) is 8.46. The van der Waals surface area contributed by atoms with Crippen molar-refractivity contribution in [1.82, 2.24) is 9.80 Å². The Morgan fingerprint density at radius 2 is 1.75 bits per heavy atom. The molecule has 2 aliphatic rings. The smallest absolute Gasteiger partial charge is 0.295 e. The van der Waals surface area contributed by atoms with Gasteiger partial charge in [-0.05, 0) is 51.7 Å². The van der Waals surface area contributed by atoms with E-state index in [1.54, 1.807) is 29.2 Å². The third kappa shape index (κ3) is 4.06. The van der Waals surface area contributed by atoms with Gasteiger partial charge in [0.05, 0.1) is 11.6 Å². The number of Topliss-reactive ketones (excluding diaryl/α,β-unsaturated/α-hetero) is 1. The molecule has 4 rings (SSSR count). The lowest BCUT2D eigenvalue weighted by molar-refractivity contribution is -0.139. The second kappa shape index (κ2) is 9.01. The lowest BCUT2D eigenvalue weighted by Gasteiger charge is -2.33. The van der Waals surface area contributed by atoms with Crippen molar-refractivity contribution in [2.75, 3.05) is 27.2 Å². The van der Waals surface area contributed by atoms with Gasteiger partial charge in [-0.25, -0.2) is 0 Å². The molecule has 0 saturated carbocycles. The molecule has 1 N–H and O–H groups in total. The zero-order chi connectivity index (χ0) is 22.8. The summed E-state index contributed by atoms with van der Waals surface area (Å²) in [6.45, 7) is 3.09. The van der Waals surface area contributed by atoms with E-state index in [2.05, 4.69) is 0 Å². The third-order valence-electron chi connectivity index (χ3n) is 5.92. The molecule has 2 heterocycles. The van der Waals surface area contributed by atoms with Gasteiger partial charge in [0.2, 0.25) is 0 Å². The first-order valence-corrected chi connectivity index (χ1v) is 10.8. The van der Waals surface area contributed by atoms with E-state index in [4.69, 9.17) is 4.74 Å². The number of rotatable bonds is 6. The Kier molecular flexibility index (Phi) is 6.15. The van der Waals surface area contributed by atoms with Gasteiger partial charge in [-0.1, -0.05) is 48.5 Å². The first-order valence-electron chi connectivity index (χ1n) is 10.8. The minimum atomic E-state index is -0.680. The van der Waals surface area contributed by atoms with Crippen molar-refractivity contribution in [3.63, 3.8) is 0 Å². The number of ether oxygens (including phenoxy) is 1. The summed E-state index contributed by atoms with van der Waals surface area (Å²) in [5.41, 5.74) is 2.30. The van der Waals surface area contributed by atoms with Crippen LogP contribution in [0.15, 0.2) is 65.7 Å². The molecule has 1 amide bonds. The van der Waals surface area contributed by atoms with Crippen LogP contribution in [0.25, 0.3) is 11.8 Å². The van der Waals surface area contributed by atoms with Crippen molar-refractivity contribution < 1.29 is 19.4 Å². The van der Waals surface area contributed by atoms with Crippen LogP contribution in [0.2, 0.25) is 0 Å². The number of aliphatic hydroxyl groups is 1. The molecule has 32 heavy (non-hydrogen) atoms. The van der Waals surface area contributed by atoms with E-state index in [-0.39, 0.29) is 17.4 Å². The Balaban J connectivity index is 1.83. The molecule has 2 atom stereocenters. The van der Waals surface area contributed by atoms with Crippen LogP contribution >= 0.6 is 0 Å². The predicted molar refractivity (Wildman–Crippen MR) is 124 cm³/mol. The molecule has 6 heteroatoms. The Bertz CT molecular complexity index is 1090. The molecule has 0 aliphatic carbocycles. The maximum Gasteiger partial charge on any atom is 0.295 e. The molecule has 0 unspecified atom stereocenters. The number of para-hydroxylation sites is 1. The number of aliphatic hydroxyl groups excluding tert-OH is 1. The summed E-state index contributed by atoms with van der Waals surface area (Å²) >= 11 is 0. The molecule has 2 aromatic carbocycles. The van der Waals surface area contributed by atoms with Crippen LogP contribution in [0.5, 0.6) is 5.75 Å². The van der Waals surface area contributed by atoms with Gasteiger partial charge in [0.25, 0.3) is 11.7 Å². The molecular formula is C26H28N2O4. The second-order valence-electron chi connectivity index (χ2n) is 8.46. The molecular weight excluding hydrogens is 404 g/mol. The zero-order valence-electron chi connectivity index (χ0n) is 18.6. The van der Waals surface area contributed by atoms with Crippen LogP contribution in [-0.2, 0) is 9.59 Å². The van der Waals surface area contributed by atoms with E-state index in [0.717, 1.165) is 23.4 Å². The number of hydrogen-bond donors (Lipinski definition) is 1. The minimum absolute atomic E-state index is 0.118. The van der Waals surface area contributed by atoms with Crippen LogP contribution in [0.4, 0.5) is 0 Å². The minimum Gasteiger partial charge on any atom is -0.507 e. The van der Waals surface area contributed by atoms with E-state index in [9.17, 15) is 14.7 Å². The molecule has 1 fully saturated rings. The number of likely N-dealkylation sites (tertiary alicyclic amines) is 1. The molecule has 0 radical (unpaired) electrons. The van der Waals surface area contributed by atoms with Gasteiger partial charge in [0, 0.05) is 17.7 Å². The van der Waals surface area contributed by atoms with Crippen molar-refractivity contribution in [2.45, 2.75) is 25.5 Å². The summed E-state index contributed by atoms with van der Waals surface area (Å²) in [5.74, 6) is -0.640. The summed E-state index contributed by atoms with van der Waals surface area (Å²) in [6, 6.07) is 15.9. The number of carbonyl (C=O) groups excluding carboxylic acids is 2. The summed E-state index contributed by atoms with van der Waals surface area (Å²) in [7, 11) is 3.94. The van der Waals surface area contributed by atoms with Crippen molar-refractivity contribution in [1.29, 1.82) is 0 Å².